The molecule has 0 aromatic heterocycles. The highest BCUT2D eigenvalue weighted by molar-refractivity contribution is 7.88. The molecule has 98 valence electrons. The zero-order chi connectivity index (χ0) is 12.8. The predicted octanol–water partition coefficient (Wildman–Crippen LogP) is -1.02. The van der Waals surface area contributed by atoms with Gasteiger partial charge in [0.15, 0.2) is 0 Å². The highest BCUT2D eigenvalue weighted by atomic mass is 32.2. The van der Waals surface area contributed by atoms with Crippen LogP contribution in [0.2, 0.25) is 0 Å². The molecule has 17 heavy (non-hydrogen) atoms. The molecule has 0 aromatic rings. The lowest BCUT2D eigenvalue weighted by molar-refractivity contribution is -0.139. The summed E-state index contributed by atoms with van der Waals surface area (Å²) in [6, 6.07) is 0. The minimum Gasteiger partial charge on any atom is -0.380 e. The Bertz CT molecular complexity index is 434. The molecule has 1 amide bonds. The van der Waals surface area contributed by atoms with E-state index in [-0.39, 0.29) is 18.4 Å². The standard InChI is InChI=1S/C10H18N2O4S/c1-11(2)9(13)10-6-12(17(3,14)15)4-8(10)5-16-7-10/h8H,4-7H2,1-3H3/t8-,10-/m1/s1. The number of hydrogen-bond donors (Lipinski definition) is 0. The highest BCUT2D eigenvalue weighted by Crippen LogP contribution is 2.43. The van der Waals surface area contributed by atoms with Gasteiger partial charge in [0, 0.05) is 33.1 Å². The fraction of sp³-hybridized carbons (Fsp3) is 0.900. The van der Waals surface area contributed by atoms with Crippen molar-refractivity contribution in [1.82, 2.24) is 9.21 Å². The molecule has 0 radical (unpaired) electrons. The van der Waals surface area contributed by atoms with Gasteiger partial charge in [0.1, 0.15) is 0 Å². The fourth-order valence-electron chi connectivity index (χ4n) is 2.69. The first-order chi connectivity index (χ1) is 7.77. The fourth-order valence-corrected chi connectivity index (χ4v) is 3.61. The monoisotopic (exact) mass is 262 g/mol. The second-order valence-corrected chi connectivity index (χ2v) is 7.11. The van der Waals surface area contributed by atoms with E-state index >= 15 is 0 Å². The van der Waals surface area contributed by atoms with E-state index in [2.05, 4.69) is 0 Å². The second kappa shape index (κ2) is 3.93. The van der Waals surface area contributed by atoms with E-state index in [4.69, 9.17) is 4.74 Å². The Morgan fingerprint density at radius 2 is 2.12 bits per heavy atom. The molecule has 2 fully saturated rings. The van der Waals surface area contributed by atoms with Crippen LogP contribution in [-0.2, 0) is 19.6 Å². The van der Waals surface area contributed by atoms with Crippen LogP contribution in [0.25, 0.3) is 0 Å². The van der Waals surface area contributed by atoms with Crippen molar-refractivity contribution in [1.29, 1.82) is 0 Å². The van der Waals surface area contributed by atoms with Crippen molar-refractivity contribution in [2.24, 2.45) is 11.3 Å². The van der Waals surface area contributed by atoms with Gasteiger partial charge in [-0.2, -0.15) is 0 Å². The summed E-state index contributed by atoms with van der Waals surface area (Å²) in [6.45, 7) is 1.41. The van der Waals surface area contributed by atoms with Gasteiger partial charge in [0.05, 0.1) is 24.9 Å². The highest BCUT2D eigenvalue weighted by Gasteiger charge is 2.57. The van der Waals surface area contributed by atoms with Crippen LogP contribution >= 0.6 is 0 Å². The van der Waals surface area contributed by atoms with Crippen LogP contribution in [0.1, 0.15) is 0 Å². The maximum atomic E-state index is 12.2. The maximum absolute atomic E-state index is 12.2. The van der Waals surface area contributed by atoms with Crippen LogP contribution in [0, 0.1) is 11.3 Å². The van der Waals surface area contributed by atoms with E-state index in [1.54, 1.807) is 14.1 Å². The van der Waals surface area contributed by atoms with Crippen LogP contribution in [0.15, 0.2) is 0 Å². The van der Waals surface area contributed by atoms with Crippen molar-refractivity contribution >= 4 is 15.9 Å². The Labute approximate surface area is 102 Å². The van der Waals surface area contributed by atoms with Crippen molar-refractivity contribution in [2.45, 2.75) is 0 Å². The molecule has 2 aliphatic heterocycles. The normalized spacial score (nSPS) is 33.7. The summed E-state index contributed by atoms with van der Waals surface area (Å²) < 4.78 is 29.9. The Kier molecular flexibility index (Phi) is 2.95. The number of carbonyl (C=O) groups excluding carboxylic acids is 1. The quantitative estimate of drug-likeness (QED) is 0.639. The number of hydrogen-bond acceptors (Lipinski definition) is 4. The van der Waals surface area contributed by atoms with Crippen molar-refractivity contribution in [3.8, 4) is 0 Å². The first-order valence-electron chi connectivity index (χ1n) is 5.52. The zero-order valence-electron chi connectivity index (χ0n) is 10.3. The average Bonchev–Trinajstić information content (AvgIpc) is 2.70. The minimum absolute atomic E-state index is 0.0212. The van der Waals surface area contributed by atoms with Crippen molar-refractivity contribution in [2.75, 3.05) is 46.7 Å². The Morgan fingerprint density at radius 3 is 2.65 bits per heavy atom. The van der Waals surface area contributed by atoms with E-state index in [1.165, 1.54) is 15.5 Å². The molecule has 0 unspecified atom stereocenters. The molecule has 2 aliphatic rings. The molecule has 2 saturated heterocycles. The Balaban J connectivity index is 2.30. The van der Waals surface area contributed by atoms with Crippen LogP contribution in [0.4, 0.5) is 0 Å². The van der Waals surface area contributed by atoms with Crippen molar-refractivity contribution < 1.29 is 17.9 Å². The minimum atomic E-state index is -3.23. The molecular weight excluding hydrogens is 244 g/mol. The van der Waals surface area contributed by atoms with Crippen LogP contribution in [0.5, 0.6) is 0 Å². The van der Waals surface area contributed by atoms with E-state index in [0.29, 0.717) is 19.8 Å². The maximum Gasteiger partial charge on any atom is 0.232 e. The molecule has 2 heterocycles. The number of ether oxygens (including phenoxy) is 1. The van der Waals surface area contributed by atoms with Crippen molar-refractivity contribution in [3.05, 3.63) is 0 Å². The molecular formula is C10H18N2O4S. The van der Waals surface area contributed by atoms with Gasteiger partial charge in [-0.1, -0.05) is 0 Å². The van der Waals surface area contributed by atoms with Gasteiger partial charge >= 0.3 is 0 Å². The molecule has 0 bridgehead atoms. The predicted molar refractivity (Wildman–Crippen MR) is 61.9 cm³/mol. The molecule has 2 atom stereocenters. The zero-order valence-corrected chi connectivity index (χ0v) is 11.2. The summed E-state index contributed by atoms with van der Waals surface area (Å²) in [6.07, 6.45) is 1.18. The first kappa shape index (κ1) is 12.8. The Hall–Kier alpha value is -0.660. The topological polar surface area (TPSA) is 66.9 Å². The van der Waals surface area contributed by atoms with E-state index < -0.39 is 15.4 Å². The van der Waals surface area contributed by atoms with Crippen molar-refractivity contribution in [3.63, 3.8) is 0 Å². The molecule has 0 N–H and O–H groups in total. The summed E-state index contributed by atoms with van der Waals surface area (Å²) in [7, 11) is 0.145. The van der Waals surface area contributed by atoms with Gasteiger partial charge in [-0.05, 0) is 0 Å². The van der Waals surface area contributed by atoms with Crippen LogP contribution in [0.3, 0.4) is 0 Å². The third-order valence-electron chi connectivity index (χ3n) is 3.64. The third-order valence-corrected chi connectivity index (χ3v) is 4.86. The smallest absolute Gasteiger partial charge is 0.232 e. The average molecular weight is 262 g/mol. The van der Waals surface area contributed by atoms with Gasteiger partial charge in [-0.3, -0.25) is 4.79 Å². The molecule has 7 heteroatoms. The SMILES string of the molecule is CN(C)C(=O)[C@]12COC[C@H]1CN(S(C)(=O)=O)C2. The number of carbonyl (C=O) groups is 1. The third kappa shape index (κ3) is 1.96. The number of rotatable bonds is 2. The molecule has 2 rings (SSSR count). The number of nitrogens with zero attached hydrogens (tertiary/aromatic N) is 2. The number of amides is 1. The lowest BCUT2D eigenvalue weighted by Crippen LogP contribution is -2.46. The number of sulfonamides is 1. The number of fused-ring (bicyclic) bond motifs is 1. The summed E-state index contributed by atoms with van der Waals surface area (Å²) in [5.41, 5.74) is -0.674. The molecule has 0 saturated carbocycles. The van der Waals surface area contributed by atoms with Gasteiger partial charge in [0.2, 0.25) is 15.9 Å². The van der Waals surface area contributed by atoms with Gasteiger partial charge in [0.25, 0.3) is 0 Å². The first-order valence-corrected chi connectivity index (χ1v) is 7.37. The van der Waals surface area contributed by atoms with E-state index in [9.17, 15) is 13.2 Å². The van der Waals surface area contributed by atoms with Gasteiger partial charge in [-0.15, -0.1) is 0 Å². The van der Waals surface area contributed by atoms with Gasteiger partial charge < -0.3 is 9.64 Å². The lowest BCUT2D eigenvalue weighted by atomic mass is 9.80. The summed E-state index contributed by atoms with van der Waals surface area (Å²) in [5, 5.41) is 0. The summed E-state index contributed by atoms with van der Waals surface area (Å²) >= 11 is 0. The van der Waals surface area contributed by atoms with E-state index in [1.807, 2.05) is 0 Å². The van der Waals surface area contributed by atoms with Crippen LogP contribution in [-0.4, -0.2) is 70.2 Å². The molecule has 6 nitrogen and oxygen atoms in total. The van der Waals surface area contributed by atoms with Gasteiger partial charge in [-0.25, -0.2) is 12.7 Å². The van der Waals surface area contributed by atoms with Crippen LogP contribution < -0.4 is 0 Å². The molecule has 0 aliphatic carbocycles. The summed E-state index contributed by atoms with van der Waals surface area (Å²) in [4.78, 5) is 13.8. The summed E-state index contributed by atoms with van der Waals surface area (Å²) in [5.74, 6) is -0.0572. The van der Waals surface area contributed by atoms with E-state index in [0.717, 1.165) is 0 Å². The Morgan fingerprint density at radius 1 is 1.47 bits per heavy atom. The second-order valence-electron chi connectivity index (χ2n) is 5.12. The molecule has 0 spiro atoms. The lowest BCUT2D eigenvalue weighted by Gasteiger charge is -2.28. The molecule has 0 aromatic carbocycles. The largest absolute Gasteiger partial charge is 0.380 e.